The molecule has 1 aromatic heterocycles. The number of benzene rings is 1. The third kappa shape index (κ3) is 3.84. The molecule has 0 saturated carbocycles. The predicted octanol–water partition coefficient (Wildman–Crippen LogP) is 1.94. The summed E-state index contributed by atoms with van der Waals surface area (Å²) in [6, 6.07) is 4.77. The van der Waals surface area contributed by atoms with Gasteiger partial charge in [0.15, 0.2) is 15.9 Å². The Bertz CT molecular complexity index is 1020. The molecule has 2 heterocycles. The van der Waals surface area contributed by atoms with Gasteiger partial charge in [-0.15, -0.1) is 0 Å². The largest absolute Gasteiger partial charge is 0.497 e. The molecular weight excluding hydrogens is 386 g/mol. The van der Waals surface area contributed by atoms with E-state index in [4.69, 9.17) is 13.9 Å². The van der Waals surface area contributed by atoms with Gasteiger partial charge in [0.05, 0.1) is 18.6 Å². The Labute approximate surface area is 163 Å². The van der Waals surface area contributed by atoms with Crippen molar-refractivity contribution in [2.45, 2.75) is 32.4 Å². The fourth-order valence-electron chi connectivity index (χ4n) is 3.33. The number of sulfone groups is 1. The molecule has 1 aromatic carbocycles. The topological polar surface area (TPSA) is 103 Å². The number of aryl methyl sites for hydroxylation is 1. The number of ether oxygens (including phenoxy) is 2. The van der Waals surface area contributed by atoms with Crippen molar-refractivity contribution in [2.75, 3.05) is 25.7 Å². The van der Waals surface area contributed by atoms with Gasteiger partial charge in [-0.3, -0.25) is 4.79 Å². The van der Waals surface area contributed by atoms with E-state index in [-0.39, 0.29) is 17.3 Å². The molecule has 3 rings (SSSR count). The highest BCUT2D eigenvalue weighted by Gasteiger charge is 2.35. The van der Waals surface area contributed by atoms with Gasteiger partial charge in [-0.05, 0) is 38.5 Å². The first-order chi connectivity index (χ1) is 13.1. The summed E-state index contributed by atoms with van der Waals surface area (Å²) >= 11 is 0. The molecule has 0 aliphatic carbocycles. The van der Waals surface area contributed by atoms with Gasteiger partial charge in [-0.1, -0.05) is 0 Å². The second-order valence-corrected chi connectivity index (χ2v) is 9.20. The van der Waals surface area contributed by atoms with Crippen molar-refractivity contribution in [2.24, 2.45) is 0 Å². The van der Waals surface area contributed by atoms with E-state index in [1.807, 2.05) is 0 Å². The maximum Gasteiger partial charge on any atom is 0.375 e. The molecule has 2 atom stereocenters. The number of nitrogens with zero attached hydrogens (tertiary/aromatic N) is 1. The molecular formula is C19H23NO7S. The van der Waals surface area contributed by atoms with Crippen molar-refractivity contribution in [1.29, 1.82) is 0 Å². The van der Waals surface area contributed by atoms with Crippen LogP contribution in [-0.4, -0.2) is 63.0 Å². The Hall–Kier alpha value is -2.55. The maximum absolute atomic E-state index is 12.6. The van der Waals surface area contributed by atoms with Crippen LogP contribution in [0.2, 0.25) is 0 Å². The van der Waals surface area contributed by atoms with E-state index in [1.54, 1.807) is 32.2 Å². The first kappa shape index (κ1) is 20.2. The maximum atomic E-state index is 12.6. The summed E-state index contributed by atoms with van der Waals surface area (Å²) in [6.07, 6.45) is -0.682. The summed E-state index contributed by atoms with van der Waals surface area (Å²) in [6.45, 7) is 3.19. The van der Waals surface area contributed by atoms with E-state index in [1.165, 1.54) is 18.9 Å². The third-order valence-corrected chi connectivity index (χ3v) is 6.81. The molecule has 9 heteroatoms. The lowest BCUT2D eigenvalue weighted by atomic mass is 10.1. The van der Waals surface area contributed by atoms with Gasteiger partial charge in [0.1, 0.15) is 11.3 Å². The minimum absolute atomic E-state index is 0.0222. The van der Waals surface area contributed by atoms with Crippen molar-refractivity contribution in [3.63, 3.8) is 0 Å². The summed E-state index contributed by atoms with van der Waals surface area (Å²) < 4.78 is 39.3. The van der Waals surface area contributed by atoms with Crippen molar-refractivity contribution in [3.05, 3.63) is 29.5 Å². The number of fused-ring (bicyclic) bond motifs is 1. The van der Waals surface area contributed by atoms with Gasteiger partial charge in [-0.25, -0.2) is 13.2 Å². The molecule has 8 nitrogen and oxygen atoms in total. The predicted molar refractivity (Wildman–Crippen MR) is 102 cm³/mol. The van der Waals surface area contributed by atoms with Gasteiger partial charge < -0.3 is 18.8 Å². The fraction of sp³-hybridized carbons (Fsp3) is 0.474. The first-order valence-electron chi connectivity index (χ1n) is 8.88. The monoisotopic (exact) mass is 409 g/mol. The molecule has 2 aromatic rings. The lowest BCUT2D eigenvalue weighted by molar-refractivity contribution is -0.140. The van der Waals surface area contributed by atoms with Crippen LogP contribution in [0.1, 0.15) is 29.5 Å². The lowest BCUT2D eigenvalue weighted by Gasteiger charge is -2.26. The minimum atomic E-state index is -3.12. The Morgan fingerprint density at radius 1 is 1.32 bits per heavy atom. The quantitative estimate of drug-likeness (QED) is 0.695. The SMILES string of the molecule is COc1ccc2oc(C(=O)O[C@H](C)C(=O)N(C)[C@@H]3CCS(=O)(=O)C3)c(C)c2c1. The third-order valence-electron chi connectivity index (χ3n) is 5.06. The zero-order chi connectivity index (χ0) is 20.6. The second-order valence-electron chi connectivity index (χ2n) is 6.97. The number of hydrogen-bond donors (Lipinski definition) is 0. The average Bonchev–Trinajstić information content (AvgIpc) is 3.19. The molecule has 1 aliphatic rings. The van der Waals surface area contributed by atoms with E-state index in [9.17, 15) is 18.0 Å². The molecule has 1 aliphatic heterocycles. The number of likely N-dealkylation sites (N-methyl/N-ethyl adjacent to an activating group) is 1. The van der Waals surface area contributed by atoms with Crippen LogP contribution in [0, 0.1) is 6.92 Å². The second kappa shape index (κ2) is 7.46. The number of hydrogen-bond acceptors (Lipinski definition) is 7. The smallest absolute Gasteiger partial charge is 0.375 e. The van der Waals surface area contributed by atoms with Gasteiger partial charge in [0.2, 0.25) is 5.76 Å². The zero-order valence-electron chi connectivity index (χ0n) is 16.2. The zero-order valence-corrected chi connectivity index (χ0v) is 17.0. The normalized spacial score (nSPS) is 19.4. The van der Waals surface area contributed by atoms with Gasteiger partial charge in [0.25, 0.3) is 5.91 Å². The molecule has 1 amide bonds. The number of esters is 1. The van der Waals surface area contributed by atoms with Gasteiger partial charge in [-0.2, -0.15) is 0 Å². The Kier molecular flexibility index (Phi) is 5.38. The lowest BCUT2D eigenvalue weighted by Crippen LogP contribution is -2.44. The number of carbonyl (C=O) groups excluding carboxylic acids is 2. The highest BCUT2D eigenvalue weighted by atomic mass is 32.2. The van der Waals surface area contributed by atoms with Crippen LogP contribution < -0.4 is 4.74 Å². The molecule has 0 unspecified atom stereocenters. The van der Waals surface area contributed by atoms with Gasteiger partial charge in [0, 0.05) is 24.0 Å². The number of methoxy groups -OCH3 is 1. The van der Waals surface area contributed by atoms with Crippen molar-refractivity contribution >= 4 is 32.7 Å². The van der Waals surface area contributed by atoms with E-state index in [2.05, 4.69) is 0 Å². The molecule has 0 N–H and O–H groups in total. The number of rotatable bonds is 5. The molecule has 0 bridgehead atoms. The van der Waals surface area contributed by atoms with Crippen LogP contribution >= 0.6 is 0 Å². The van der Waals surface area contributed by atoms with Crippen LogP contribution in [0.3, 0.4) is 0 Å². The van der Waals surface area contributed by atoms with Crippen LogP contribution in [0.15, 0.2) is 22.6 Å². The van der Waals surface area contributed by atoms with Crippen molar-refractivity contribution in [1.82, 2.24) is 4.90 Å². The molecule has 1 saturated heterocycles. The van der Waals surface area contributed by atoms with Crippen molar-refractivity contribution in [3.8, 4) is 5.75 Å². The summed E-state index contributed by atoms with van der Waals surface area (Å²) in [5.74, 6) is -0.556. The average molecular weight is 409 g/mol. The van der Waals surface area contributed by atoms with E-state index in [0.29, 0.717) is 23.3 Å². The Morgan fingerprint density at radius 3 is 2.64 bits per heavy atom. The van der Waals surface area contributed by atoms with Crippen LogP contribution in [0.4, 0.5) is 0 Å². The number of carbonyl (C=O) groups is 2. The number of amides is 1. The van der Waals surface area contributed by atoms with E-state index >= 15 is 0 Å². The summed E-state index contributed by atoms with van der Waals surface area (Å²) in [7, 11) is -0.0474. The Balaban J connectivity index is 1.72. The molecule has 152 valence electrons. The minimum Gasteiger partial charge on any atom is -0.497 e. The van der Waals surface area contributed by atoms with Gasteiger partial charge >= 0.3 is 5.97 Å². The summed E-state index contributed by atoms with van der Waals surface area (Å²) in [5, 5.41) is 0.721. The molecule has 1 fully saturated rings. The van der Waals surface area contributed by atoms with E-state index < -0.39 is 33.9 Å². The van der Waals surface area contributed by atoms with Crippen LogP contribution in [0.5, 0.6) is 5.75 Å². The first-order valence-corrected chi connectivity index (χ1v) is 10.7. The molecule has 0 radical (unpaired) electrons. The molecule has 0 spiro atoms. The standard InChI is InChI=1S/C19H23NO7S/c1-11-15-9-14(25-4)5-6-16(15)27-17(11)19(22)26-12(2)18(21)20(3)13-7-8-28(23,24)10-13/h5-6,9,12-13H,7-8,10H2,1-4H3/t12-,13-/m1/s1. The highest BCUT2D eigenvalue weighted by Crippen LogP contribution is 2.29. The van der Waals surface area contributed by atoms with Crippen LogP contribution in [0.25, 0.3) is 11.0 Å². The highest BCUT2D eigenvalue weighted by molar-refractivity contribution is 7.91. The fourth-order valence-corrected chi connectivity index (χ4v) is 5.11. The van der Waals surface area contributed by atoms with E-state index in [0.717, 1.165) is 5.39 Å². The van der Waals surface area contributed by atoms with Crippen LogP contribution in [-0.2, 0) is 19.4 Å². The van der Waals surface area contributed by atoms with Crippen molar-refractivity contribution < 1.29 is 31.9 Å². The Morgan fingerprint density at radius 2 is 2.04 bits per heavy atom. The summed E-state index contributed by atoms with van der Waals surface area (Å²) in [4.78, 5) is 26.4. The summed E-state index contributed by atoms with van der Waals surface area (Å²) in [5.41, 5.74) is 1.10. The number of furan rings is 1. The molecule has 28 heavy (non-hydrogen) atoms.